The number of esters is 1. The van der Waals surface area contributed by atoms with Crippen LogP contribution in [0.5, 0.6) is 5.75 Å². The van der Waals surface area contributed by atoms with Crippen LogP contribution in [0.4, 0.5) is 0 Å². The van der Waals surface area contributed by atoms with Crippen LogP contribution in [0.15, 0.2) is 54.9 Å². The highest BCUT2D eigenvalue weighted by atomic mass is 16.5. The summed E-state index contributed by atoms with van der Waals surface area (Å²) in [7, 11) is 4.88. The van der Waals surface area contributed by atoms with Gasteiger partial charge >= 0.3 is 5.97 Å². The lowest BCUT2D eigenvalue weighted by Crippen LogP contribution is -2.62. The van der Waals surface area contributed by atoms with E-state index in [1.165, 1.54) is 14.8 Å². The number of rotatable bonds is 12. The van der Waals surface area contributed by atoms with Gasteiger partial charge < -0.3 is 39.6 Å². The number of fused-ring (bicyclic) bond motifs is 6. The van der Waals surface area contributed by atoms with E-state index in [1.807, 2.05) is 38.2 Å². The monoisotopic (exact) mass is 892 g/mol. The summed E-state index contributed by atoms with van der Waals surface area (Å²) >= 11 is 0. The number of aromatic hydroxyl groups is 1. The van der Waals surface area contributed by atoms with E-state index in [9.17, 15) is 29.1 Å². The van der Waals surface area contributed by atoms with Crippen LogP contribution in [0, 0.1) is 11.3 Å². The zero-order chi connectivity index (χ0) is 46.7. The maximum Gasteiger partial charge on any atom is 0.324 e. The van der Waals surface area contributed by atoms with Crippen molar-refractivity contribution in [1.29, 1.82) is 0 Å². The molecule has 16 heteroatoms. The van der Waals surface area contributed by atoms with Crippen molar-refractivity contribution >= 4 is 40.5 Å². The first-order chi connectivity index (χ1) is 31.0. The van der Waals surface area contributed by atoms with Gasteiger partial charge in [-0.2, -0.15) is 0 Å². The maximum atomic E-state index is 14.7. The van der Waals surface area contributed by atoms with Crippen molar-refractivity contribution in [3.8, 4) is 28.1 Å². The van der Waals surface area contributed by atoms with Gasteiger partial charge in [0.05, 0.1) is 24.9 Å². The number of carbonyl (C=O) groups excluding carboxylic acids is 5. The summed E-state index contributed by atoms with van der Waals surface area (Å²) in [6.45, 7) is 12.2. The zero-order valence-electron chi connectivity index (χ0n) is 38.9. The molecule has 3 aliphatic rings. The Bertz CT molecular complexity index is 2440. The number of phenolic OH excluding ortho intramolecular Hbond substituents is 1. The van der Waals surface area contributed by atoms with Gasteiger partial charge in [0, 0.05) is 94.5 Å². The number of hydrogen-bond acceptors (Lipinski definition) is 11. The van der Waals surface area contributed by atoms with E-state index in [1.54, 1.807) is 39.5 Å². The lowest BCUT2D eigenvalue weighted by atomic mass is 9.84. The number of amides is 4. The number of likely N-dealkylation sites (N-methyl/N-ethyl adjacent to an activating group) is 2. The van der Waals surface area contributed by atoms with Gasteiger partial charge in [0.25, 0.3) is 5.91 Å². The fourth-order valence-electron chi connectivity index (χ4n) is 9.32. The molecule has 2 aromatic heterocycles. The number of hydrogen-bond donors (Lipinski definition) is 4. The maximum absolute atomic E-state index is 14.7. The SMILES string of the molecule is CCn1c(-c2cnccc2COC)c2c3cc(ccc31)-c1cc(O)cc(c1)C[C@H](NC(=O)C(C(C)C)N(C)C(=O)CCN(C)C(=O)[C@@H]1CN1)C(=O)N1CCC[C@H](N1)C(=O)OCC(C)(C)C2. The molecule has 0 saturated carbocycles. The molecule has 0 spiro atoms. The molecule has 6 bridgehead atoms. The third-order valence-corrected chi connectivity index (χ3v) is 12.8. The van der Waals surface area contributed by atoms with Gasteiger partial charge in [0.1, 0.15) is 23.9 Å². The number of nitrogens with zero attached hydrogens (tertiary/aromatic N) is 5. The number of carbonyl (C=O) groups is 5. The highest BCUT2D eigenvalue weighted by Crippen LogP contribution is 2.41. The van der Waals surface area contributed by atoms with Crippen molar-refractivity contribution < 1.29 is 38.6 Å². The van der Waals surface area contributed by atoms with Crippen LogP contribution in [0.25, 0.3) is 33.3 Å². The molecule has 2 fully saturated rings. The lowest BCUT2D eigenvalue weighted by molar-refractivity contribution is -0.155. The number of hydrazine groups is 1. The number of nitrogens with one attached hydrogen (secondary N) is 3. The minimum atomic E-state index is -1.16. The fraction of sp³-hybridized carbons (Fsp3) is 0.510. The molecule has 1 unspecified atom stereocenters. The van der Waals surface area contributed by atoms with Gasteiger partial charge in [-0.3, -0.25) is 34.0 Å². The Morgan fingerprint density at radius 1 is 1.09 bits per heavy atom. The smallest absolute Gasteiger partial charge is 0.324 e. The largest absolute Gasteiger partial charge is 0.508 e. The minimum Gasteiger partial charge on any atom is -0.508 e. The summed E-state index contributed by atoms with van der Waals surface area (Å²) < 4.78 is 14.0. The Labute approximate surface area is 381 Å². The van der Waals surface area contributed by atoms with E-state index in [0.29, 0.717) is 44.5 Å². The number of ether oxygens (including phenoxy) is 2. The summed E-state index contributed by atoms with van der Waals surface area (Å²) in [6.07, 6.45) is 5.14. The van der Waals surface area contributed by atoms with Crippen molar-refractivity contribution in [1.82, 2.24) is 40.4 Å². The highest BCUT2D eigenvalue weighted by molar-refractivity contribution is 5.96. The topological polar surface area (TPSA) is 198 Å². The van der Waals surface area contributed by atoms with Gasteiger partial charge in [-0.15, -0.1) is 0 Å². The van der Waals surface area contributed by atoms with E-state index in [4.69, 9.17) is 9.47 Å². The average Bonchev–Trinajstić information content (AvgIpc) is 4.09. The second-order valence-electron chi connectivity index (χ2n) is 18.8. The van der Waals surface area contributed by atoms with E-state index >= 15 is 0 Å². The Kier molecular flexibility index (Phi) is 14.3. The van der Waals surface area contributed by atoms with Crippen LogP contribution >= 0.6 is 0 Å². The average molecular weight is 893 g/mol. The molecule has 0 aliphatic carbocycles. The molecule has 7 rings (SSSR count). The third-order valence-electron chi connectivity index (χ3n) is 12.8. The molecule has 2 aromatic carbocycles. The van der Waals surface area contributed by atoms with E-state index in [-0.39, 0.29) is 62.1 Å². The minimum absolute atomic E-state index is 0.00875. The van der Waals surface area contributed by atoms with Crippen LogP contribution in [0.1, 0.15) is 70.6 Å². The van der Waals surface area contributed by atoms with E-state index in [2.05, 4.69) is 58.5 Å². The summed E-state index contributed by atoms with van der Waals surface area (Å²) in [5.74, 6) is -2.26. The number of benzene rings is 2. The predicted molar refractivity (Wildman–Crippen MR) is 246 cm³/mol. The Balaban J connectivity index is 1.28. The van der Waals surface area contributed by atoms with Gasteiger partial charge in [-0.05, 0) is 90.3 Å². The molecule has 2 saturated heterocycles. The Morgan fingerprint density at radius 3 is 2.57 bits per heavy atom. The van der Waals surface area contributed by atoms with E-state index < -0.39 is 41.3 Å². The van der Waals surface area contributed by atoms with Crippen molar-refractivity contribution in [2.45, 2.75) is 104 Å². The number of cyclic esters (lactones) is 1. The molecule has 4 atom stereocenters. The molecule has 16 nitrogen and oxygen atoms in total. The van der Waals surface area contributed by atoms with Crippen LogP contribution in [0.3, 0.4) is 0 Å². The number of aromatic nitrogens is 2. The van der Waals surface area contributed by atoms with Gasteiger partial charge in [0.15, 0.2) is 0 Å². The molecule has 348 valence electrons. The Hall–Kier alpha value is -5.84. The molecule has 4 N–H and O–H groups in total. The molecule has 0 radical (unpaired) electrons. The van der Waals surface area contributed by atoms with Crippen LogP contribution < -0.4 is 16.1 Å². The van der Waals surface area contributed by atoms with Crippen LogP contribution in [-0.4, -0.2) is 131 Å². The summed E-state index contributed by atoms with van der Waals surface area (Å²) in [6, 6.07) is 10.2. The number of phenols is 1. The first kappa shape index (κ1) is 47.1. The van der Waals surface area contributed by atoms with Crippen molar-refractivity contribution in [3.63, 3.8) is 0 Å². The molecule has 4 amide bonds. The molecule has 5 heterocycles. The molecular weight excluding hydrogens is 829 g/mol. The van der Waals surface area contributed by atoms with Crippen LogP contribution in [0.2, 0.25) is 0 Å². The number of methoxy groups -OCH3 is 1. The first-order valence-electron chi connectivity index (χ1n) is 22.7. The quantitative estimate of drug-likeness (QED) is 0.118. The van der Waals surface area contributed by atoms with E-state index in [0.717, 1.165) is 44.4 Å². The van der Waals surface area contributed by atoms with Crippen molar-refractivity contribution in [3.05, 3.63) is 71.5 Å². The third kappa shape index (κ3) is 10.5. The molecule has 3 aliphatic heterocycles. The van der Waals surface area contributed by atoms with Crippen molar-refractivity contribution in [2.24, 2.45) is 11.3 Å². The zero-order valence-corrected chi connectivity index (χ0v) is 38.9. The Morgan fingerprint density at radius 2 is 1.86 bits per heavy atom. The molecular formula is C49H64N8O8. The highest BCUT2D eigenvalue weighted by Gasteiger charge is 2.38. The van der Waals surface area contributed by atoms with Crippen molar-refractivity contribution in [2.75, 3.05) is 47.4 Å². The first-order valence-corrected chi connectivity index (χ1v) is 22.7. The summed E-state index contributed by atoms with van der Waals surface area (Å²) in [5, 5.41) is 19.6. The van der Waals surface area contributed by atoms with Crippen LogP contribution in [-0.2, 0) is 59.4 Å². The van der Waals surface area contributed by atoms with Gasteiger partial charge in [-0.1, -0.05) is 39.8 Å². The molecule has 65 heavy (non-hydrogen) atoms. The second kappa shape index (κ2) is 19.7. The number of pyridine rings is 1. The predicted octanol–water partition coefficient (Wildman–Crippen LogP) is 4.19. The summed E-state index contributed by atoms with van der Waals surface area (Å²) in [4.78, 5) is 76.4. The fourth-order valence-corrected chi connectivity index (χ4v) is 9.32. The van der Waals surface area contributed by atoms with Gasteiger partial charge in [-0.25, -0.2) is 5.43 Å². The second-order valence-corrected chi connectivity index (χ2v) is 18.8. The van der Waals surface area contributed by atoms with Gasteiger partial charge in [0.2, 0.25) is 17.7 Å². The lowest BCUT2D eigenvalue weighted by Gasteiger charge is -2.37. The molecule has 4 aromatic rings. The summed E-state index contributed by atoms with van der Waals surface area (Å²) in [5.41, 5.74) is 9.72. The number of aryl methyl sites for hydroxylation is 1. The normalized spacial score (nSPS) is 20.2. The standard InChI is InChI=1S/C49H64N8O8/c1-9-56-41-13-12-31-23-35(41)36(44(56)37-25-50-16-14-32(37)27-64-8)24-49(4,5)28-65-48(63)38-11-10-17-57(53-38)47(62)39(21-30-19-33(31)22-34(58)20-30)52-45(60)43(29(2)3)55(7)42(59)15-18-54(6)46(61)40-26-51-40/h12-14,16,19-20,22-23,25,29,38-40,43,51,53,58H,9-11,15,17-18,21,24,26-28H2,1-8H3,(H,52,60)/t38-,39-,40-,43?/m0/s1.